The molecule has 3 aromatic carbocycles. The van der Waals surface area contributed by atoms with Crippen molar-refractivity contribution in [1.82, 2.24) is 0 Å². The molecule has 0 aliphatic carbocycles. The monoisotopic (exact) mass is 385 g/mol. The van der Waals surface area contributed by atoms with Crippen molar-refractivity contribution in [2.24, 2.45) is 0 Å². The Morgan fingerprint density at radius 1 is 0.552 bits per heavy atom. The molecule has 0 saturated heterocycles. The van der Waals surface area contributed by atoms with Crippen LogP contribution in [0.5, 0.6) is 0 Å². The van der Waals surface area contributed by atoms with Crippen molar-refractivity contribution in [3.05, 3.63) is 101 Å². The first-order valence-electron chi connectivity index (χ1n) is 11.2. The van der Waals surface area contributed by atoms with Crippen LogP contribution >= 0.6 is 0 Å². The quantitative estimate of drug-likeness (QED) is 0.271. The molecule has 0 aromatic heterocycles. The number of anilines is 1. The van der Waals surface area contributed by atoms with E-state index in [2.05, 4.69) is 67.6 Å². The summed E-state index contributed by atoms with van der Waals surface area (Å²) in [6, 6.07) is 26.3. The zero-order chi connectivity index (χ0) is 20.3. The second-order valence-electron chi connectivity index (χ2n) is 8.20. The molecule has 0 heterocycles. The summed E-state index contributed by atoms with van der Waals surface area (Å²) in [4.78, 5) is 0. The molecular formula is C28H35N. The van der Waals surface area contributed by atoms with Crippen molar-refractivity contribution in [1.29, 1.82) is 0 Å². The lowest BCUT2D eigenvalue weighted by molar-refractivity contribution is 0.607. The van der Waals surface area contributed by atoms with E-state index >= 15 is 0 Å². The summed E-state index contributed by atoms with van der Waals surface area (Å²) in [6.45, 7) is 2.28. The van der Waals surface area contributed by atoms with Crippen molar-refractivity contribution in [2.75, 3.05) is 5.73 Å². The van der Waals surface area contributed by atoms with Gasteiger partial charge in [-0.3, -0.25) is 0 Å². The molecule has 1 nitrogen and oxygen atoms in total. The second-order valence-corrected chi connectivity index (χ2v) is 8.20. The highest BCUT2D eigenvalue weighted by Gasteiger charge is 2.04. The van der Waals surface area contributed by atoms with Gasteiger partial charge in [0.15, 0.2) is 0 Å². The van der Waals surface area contributed by atoms with Crippen molar-refractivity contribution < 1.29 is 0 Å². The Labute approximate surface area is 177 Å². The summed E-state index contributed by atoms with van der Waals surface area (Å²) in [5.41, 5.74) is 13.6. The van der Waals surface area contributed by atoms with E-state index in [0.29, 0.717) is 0 Å². The van der Waals surface area contributed by atoms with Gasteiger partial charge >= 0.3 is 0 Å². The van der Waals surface area contributed by atoms with Gasteiger partial charge in [0.25, 0.3) is 0 Å². The maximum atomic E-state index is 5.78. The minimum Gasteiger partial charge on any atom is -0.399 e. The first-order valence-corrected chi connectivity index (χ1v) is 11.2. The third-order valence-electron chi connectivity index (χ3n) is 5.72. The average molecular weight is 386 g/mol. The van der Waals surface area contributed by atoms with Crippen LogP contribution in [0.2, 0.25) is 0 Å². The van der Waals surface area contributed by atoms with Gasteiger partial charge in [-0.1, -0.05) is 99.7 Å². The summed E-state index contributed by atoms with van der Waals surface area (Å²) < 4.78 is 0. The molecule has 29 heavy (non-hydrogen) atoms. The molecule has 0 spiro atoms. The van der Waals surface area contributed by atoms with Crippen LogP contribution in [0.1, 0.15) is 73.3 Å². The largest absolute Gasteiger partial charge is 0.399 e. The van der Waals surface area contributed by atoms with E-state index in [0.717, 1.165) is 18.5 Å². The van der Waals surface area contributed by atoms with Crippen molar-refractivity contribution >= 4 is 5.69 Å². The van der Waals surface area contributed by atoms with E-state index in [9.17, 15) is 0 Å². The minimum atomic E-state index is 0.823. The van der Waals surface area contributed by atoms with Crippen LogP contribution in [0.3, 0.4) is 0 Å². The van der Waals surface area contributed by atoms with Gasteiger partial charge < -0.3 is 5.73 Å². The number of aryl methyl sites for hydroxylation is 1. The fourth-order valence-electron chi connectivity index (χ4n) is 3.94. The van der Waals surface area contributed by atoms with Gasteiger partial charge in [-0.25, -0.2) is 0 Å². The smallest absolute Gasteiger partial charge is 0.0314 e. The molecule has 0 aliphatic rings. The Bertz CT molecular complexity index is 846. The lowest BCUT2D eigenvalue weighted by Gasteiger charge is -2.11. The zero-order valence-corrected chi connectivity index (χ0v) is 17.9. The number of hydrogen-bond donors (Lipinski definition) is 1. The number of unbranched alkanes of at least 4 members (excludes halogenated alkanes) is 5. The van der Waals surface area contributed by atoms with Gasteiger partial charge in [0.2, 0.25) is 0 Å². The van der Waals surface area contributed by atoms with Gasteiger partial charge in [0.1, 0.15) is 0 Å². The van der Waals surface area contributed by atoms with E-state index in [1.165, 1.54) is 72.8 Å². The number of benzene rings is 3. The Morgan fingerprint density at radius 3 is 1.72 bits per heavy atom. The molecule has 0 fully saturated rings. The highest BCUT2D eigenvalue weighted by atomic mass is 14.5. The lowest BCUT2D eigenvalue weighted by Crippen LogP contribution is -1.97. The summed E-state index contributed by atoms with van der Waals surface area (Å²) in [5, 5.41) is 0. The maximum absolute atomic E-state index is 5.78. The van der Waals surface area contributed by atoms with Crippen LogP contribution in [0.4, 0.5) is 5.69 Å². The van der Waals surface area contributed by atoms with Gasteiger partial charge in [-0.2, -0.15) is 0 Å². The molecule has 0 radical (unpaired) electrons. The molecule has 0 bridgehead atoms. The van der Waals surface area contributed by atoms with Crippen LogP contribution in [-0.4, -0.2) is 0 Å². The van der Waals surface area contributed by atoms with Crippen LogP contribution in [0, 0.1) is 0 Å². The third kappa shape index (κ3) is 7.09. The first kappa shape index (κ1) is 21.2. The Kier molecular flexibility index (Phi) is 8.37. The Morgan fingerprint density at radius 2 is 1.07 bits per heavy atom. The molecule has 3 aromatic rings. The fourth-order valence-corrected chi connectivity index (χ4v) is 3.94. The summed E-state index contributed by atoms with van der Waals surface area (Å²) in [5.74, 6) is 0. The third-order valence-corrected chi connectivity index (χ3v) is 5.72. The van der Waals surface area contributed by atoms with Gasteiger partial charge in [-0.15, -0.1) is 0 Å². The normalized spacial score (nSPS) is 10.9. The van der Waals surface area contributed by atoms with E-state index in [1.54, 1.807) is 0 Å². The topological polar surface area (TPSA) is 26.0 Å². The summed E-state index contributed by atoms with van der Waals surface area (Å²) >= 11 is 0. The van der Waals surface area contributed by atoms with Gasteiger partial charge in [0, 0.05) is 5.69 Å². The average Bonchev–Trinajstić information content (AvgIpc) is 2.75. The van der Waals surface area contributed by atoms with Crippen LogP contribution < -0.4 is 5.73 Å². The second kappa shape index (κ2) is 11.5. The van der Waals surface area contributed by atoms with Crippen molar-refractivity contribution in [3.8, 4) is 0 Å². The highest BCUT2D eigenvalue weighted by molar-refractivity contribution is 5.41. The van der Waals surface area contributed by atoms with Crippen molar-refractivity contribution in [2.45, 2.75) is 64.7 Å². The van der Waals surface area contributed by atoms with Gasteiger partial charge in [-0.05, 0) is 65.6 Å². The van der Waals surface area contributed by atoms with Crippen LogP contribution in [-0.2, 0) is 19.3 Å². The van der Waals surface area contributed by atoms with Crippen LogP contribution in [0.15, 0.2) is 72.8 Å². The zero-order valence-electron chi connectivity index (χ0n) is 17.9. The minimum absolute atomic E-state index is 0.823. The molecular weight excluding hydrogens is 350 g/mol. The first-order chi connectivity index (χ1) is 14.2. The molecule has 0 atom stereocenters. The summed E-state index contributed by atoms with van der Waals surface area (Å²) in [6.07, 6.45) is 11.3. The number of nitrogens with two attached hydrogens (primary N) is 1. The fraction of sp³-hybridized carbons (Fsp3) is 0.357. The SMILES string of the molecule is CCCCCCCCc1ccccc1Cc1ccc(Cc2ccc(N)cc2)cc1. The molecule has 0 unspecified atom stereocenters. The molecule has 3 rings (SSSR count). The predicted molar refractivity (Wildman–Crippen MR) is 126 cm³/mol. The van der Waals surface area contributed by atoms with Crippen molar-refractivity contribution in [3.63, 3.8) is 0 Å². The molecule has 2 N–H and O–H groups in total. The molecule has 0 amide bonds. The molecule has 0 saturated carbocycles. The molecule has 1 heteroatoms. The number of nitrogen functional groups attached to an aromatic ring is 1. The standard InChI is InChI=1S/C28H35N/c1-2-3-4-5-6-7-10-26-11-8-9-12-27(26)22-25-15-13-23(14-16-25)21-24-17-19-28(29)20-18-24/h8-9,11-20H,2-7,10,21-22,29H2,1H3. The summed E-state index contributed by atoms with van der Waals surface area (Å²) in [7, 11) is 0. The lowest BCUT2D eigenvalue weighted by atomic mass is 9.95. The van der Waals surface area contributed by atoms with E-state index in [4.69, 9.17) is 5.73 Å². The molecule has 0 aliphatic heterocycles. The highest BCUT2D eigenvalue weighted by Crippen LogP contribution is 2.19. The maximum Gasteiger partial charge on any atom is 0.0314 e. The van der Waals surface area contributed by atoms with E-state index in [1.807, 2.05) is 12.1 Å². The van der Waals surface area contributed by atoms with E-state index < -0.39 is 0 Å². The Hall–Kier alpha value is -2.54. The van der Waals surface area contributed by atoms with E-state index in [-0.39, 0.29) is 0 Å². The predicted octanol–water partition coefficient (Wildman–Crippen LogP) is 7.35. The van der Waals surface area contributed by atoms with Gasteiger partial charge in [0.05, 0.1) is 0 Å². The van der Waals surface area contributed by atoms with Crippen LogP contribution in [0.25, 0.3) is 0 Å². The molecule has 152 valence electrons. The Balaban J connectivity index is 1.55. The number of hydrogen-bond acceptors (Lipinski definition) is 1. The number of rotatable bonds is 11.